The summed E-state index contributed by atoms with van der Waals surface area (Å²) in [6.45, 7) is 3.58. The molecule has 0 spiro atoms. The summed E-state index contributed by atoms with van der Waals surface area (Å²) >= 11 is 0. The first kappa shape index (κ1) is 13.2. The van der Waals surface area contributed by atoms with Gasteiger partial charge in [-0.25, -0.2) is 0 Å². The molecule has 0 aliphatic carbocycles. The Kier molecular flexibility index (Phi) is 5.13. The van der Waals surface area contributed by atoms with Crippen molar-refractivity contribution in [2.45, 2.75) is 26.5 Å². The fraction of sp³-hybridized carbons (Fsp3) is 0.455. The lowest BCUT2D eigenvalue weighted by atomic mass is 10.2. The first-order valence-corrected chi connectivity index (χ1v) is 5.21. The Balaban J connectivity index is 2.69. The quantitative estimate of drug-likeness (QED) is 0.430. The molecule has 1 atom stereocenters. The molecule has 1 aromatic heterocycles. The maximum absolute atomic E-state index is 10.8. The average molecular weight is 234 g/mol. The number of ketones is 1. The standard InChI is InChI=1S/C11H14N4O2/c1-8(16)7-17-9(2)11-5-3-4-10(14-11)6-13-15-12/h3-5,9H,6-7H2,1-2H3. The maximum atomic E-state index is 10.8. The van der Waals surface area contributed by atoms with E-state index in [0.29, 0.717) is 5.69 Å². The molecule has 0 radical (unpaired) electrons. The first-order chi connectivity index (χ1) is 8.13. The van der Waals surface area contributed by atoms with Crippen molar-refractivity contribution >= 4 is 5.78 Å². The van der Waals surface area contributed by atoms with E-state index in [1.54, 1.807) is 6.07 Å². The van der Waals surface area contributed by atoms with Crippen LogP contribution in [0.2, 0.25) is 0 Å². The summed E-state index contributed by atoms with van der Waals surface area (Å²) in [4.78, 5) is 17.7. The lowest BCUT2D eigenvalue weighted by Gasteiger charge is -2.11. The zero-order valence-electron chi connectivity index (χ0n) is 9.83. The van der Waals surface area contributed by atoms with E-state index in [9.17, 15) is 4.79 Å². The normalized spacial score (nSPS) is 11.6. The van der Waals surface area contributed by atoms with E-state index in [0.717, 1.165) is 5.69 Å². The summed E-state index contributed by atoms with van der Waals surface area (Å²) in [5, 5.41) is 3.44. The van der Waals surface area contributed by atoms with Crippen molar-refractivity contribution in [1.29, 1.82) is 0 Å². The molecule has 6 heteroatoms. The van der Waals surface area contributed by atoms with Crippen LogP contribution in [0.15, 0.2) is 23.3 Å². The predicted molar refractivity (Wildman–Crippen MR) is 62.1 cm³/mol. The van der Waals surface area contributed by atoms with Crippen LogP contribution in [-0.2, 0) is 16.1 Å². The van der Waals surface area contributed by atoms with Crippen LogP contribution in [0.25, 0.3) is 10.4 Å². The van der Waals surface area contributed by atoms with Crippen molar-refractivity contribution in [3.8, 4) is 0 Å². The summed E-state index contributed by atoms with van der Waals surface area (Å²) < 4.78 is 5.33. The van der Waals surface area contributed by atoms with Gasteiger partial charge in [-0.15, -0.1) is 0 Å². The predicted octanol–water partition coefficient (Wildman–Crippen LogP) is 2.56. The third-order valence-corrected chi connectivity index (χ3v) is 2.08. The Bertz CT molecular complexity index is 441. The molecule has 0 amide bonds. The fourth-order valence-corrected chi connectivity index (χ4v) is 1.24. The average Bonchev–Trinajstić information content (AvgIpc) is 2.33. The summed E-state index contributed by atoms with van der Waals surface area (Å²) in [6.07, 6.45) is -0.259. The van der Waals surface area contributed by atoms with Crippen molar-refractivity contribution in [3.05, 3.63) is 40.0 Å². The van der Waals surface area contributed by atoms with Gasteiger partial charge in [0.1, 0.15) is 6.61 Å². The molecule has 0 saturated heterocycles. The van der Waals surface area contributed by atoms with E-state index < -0.39 is 0 Å². The van der Waals surface area contributed by atoms with Crippen molar-refractivity contribution in [2.75, 3.05) is 6.61 Å². The zero-order valence-corrected chi connectivity index (χ0v) is 9.83. The van der Waals surface area contributed by atoms with Crippen molar-refractivity contribution in [2.24, 2.45) is 5.11 Å². The molecule has 1 heterocycles. The third-order valence-electron chi connectivity index (χ3n) is 2.08. The molecule has 0 aliphatic rings. The second-order valence-electron chi connectivity index (χ2n) is 3.60. The zero-order chi connectivity index (χ0) is 12.7. The van der Waals surface area contributed by atoms with Gasteiger partial charge in [-0.05, 0) is 31.5 Å². The largest absolute Gasteiger partial charge is 0.364 e. The Morgan fingerprint density at radius 2 is 2.41 bits per heavy atom. The Morgan fingerprint density at radius 3 is 3.06 bits per heavy atom. The summed E-state index contributed by atoms with van der Waals surface area (Å²) in [5.41, 5.74) is 9.62. The van der Waals surface area contributed by atoms with E-state index in [1.165, 1.54) is 6.92 Å². The minimum absolute atomic E-state index is 0.0258. The van der Waals surface area contributed by atoms with E-state index in [2.05, 4.69) is 15.0 Å². The van der Waals surface area contributed by atoms with Gasteiger partial charge in [-0.1, -0.05) is 11.2 Å². The van der Waals surface area contributed by atoms with E-state index >= 15 is 0 Å². The number of aromatic nitrogens is 1. The highest BCUT2D eigenvalue weighted by Gasteiger charge is 2.08. The topological polar surface area (TPSA) is 88.0 Å². The number of azide groups is 1. The maximum Gasteiger partial charge on any atom is 0.155 e. The number of ether oxygens (including phenoxy) is 1. The molecule has 0 saturated carbocycles. The summed E-state index contributed by atoms with van der Waals surface area (Å²) in [6, 6.07) is 5.40. The van der Waals surface area contributed by atoms with Crippen molar-refractivity contribution in [3.63, 3.8) is 0 Å². The molecule has 6 nitrogen and oxygen atoms in total. The molecule has 90 valence electrons. The van der Waals surface area contributed by atoms with Gasteiger partial charge in [0.05, 0.1) is 18.3 Å². The third kappa shape index (κ3) is 4.63. The minimum Gasteiger partial charge on any atom is -0.364 e. The van der Waals surface area contributed by atoms with Gasteiger partial charge in [0.15, 0.2) is 5.78 Å². The van der Waals surface area contributed by atoms with Gasteiger partial charge < -0.3 is 4.74 Å². The van der Waals surface area contributed by atoms with Crippen LogP contribution in [0.5, 0.6) is 0 Å². The molecular formula is C11H14N4O2. The number of Topliss-reactive ketones (excluding diaryl/α,β-unsaturated/α-hetero) is 1. The van der Waals surface area contributed by atoms with Gasteiger partial charge in [0.2, 0.25) is 0 Å². The van der Waals surface area contributed by atoms with Crippen LogP contribution in [0.4, 0.5) is 0 Å². The number of hydrogen-bond donors (Lipinski definition) is 0. The smallest absolute Gasteiger partial charge is 0.155 e. The summed E-state index contributed by atoms with van der Waals surface area (Å²) in [5.74, 6) is -0.0258. The number of rotatable bonds is 6. The second kappa shape index (κ2) is 6.62. The summed E-state index contributed by atoms with van der Waals surface area (Å²) in [7, 11) is 0. The van der Waals surface area contributed by atoms with Crippen LogP contribution < -0.4 is 0 Å². The Labute approximate surface area is 99.2 Å². The van der Waals surface area contributed by atoms with Crippen LogP contribution in [0, 0.1) is 0 Å². The number of carbonyl (C=O) groups excluding carboxylic acids is 1. The van der Waals surface area contributed by atoms with Crippen molar-refractivity contribution in [1.82, 2.24) is 4.98 Å². The lowest BCUT2D eigenvalue weighted by Crippen LogP contribution is -2.09. The van der Waals surface area contributed by atoms with Crippen LogP contribution >= 0.6 is 0 Å². The highest BCUT2D eigenvalue weighted by molar-refractivity contribution is 5.76. The number of nitrogens with zero attached hydrogens (tertiary/aromatic N) is 4. The second-order valence-corrected chi connectivity index (χ2v) is 3.60. The molecule has 1 aromatic rings. The Hall–Kier alpha value is -1.91. The van der Waals surface area contributed by atoms with Gasteiger partial charge in [0, 0.05) is 10.6 Å². The highest BCUT2D eigenvalue weighted by atomic mass is 16.5. The Morgan fingerprint density at radius 1 is 1.65 bits per heavy atom. The first-order valence-electron chi connectivity index (χ1n) is 5.21. The molecule has 1 unspecified atom stereocenters. The lowest BCUT2D eigenvalue weighted by molar-refractivity contribution is -0.123. The number of hydrogen-bond acceptors (Lipinski definition) is 4. The fourth-order valence-electron chi connectivity index (χ4n) is 1.24. The monoisotopic (exact) mass is 234 g/mol. The molecule has 17 heavy (non-hydrogen) atoms. The van der Waals surface area contributed by atoms with E-state index in [-0.39, 0.29) is 25.0 Å². The van der Waals surface area contributed by atoms with Crippen LogP contribution in [0.3, 0.4) is 0 Å². The van der Waals surface area contributed by atoms with Gasteiger partial charge in [-0.3, -0.25) is 9.78 Å². The molecular weight excluding hydrogens is 220 g/mol. The van der Waals surface area contributed by atoms with Crippen LogP contribution in [-0.4, -0.2) is 17.4 Å². The molecule has 0 fully saturated rings. The number of carbonyl (C=O) groups is 1. The minimum atomic E-state index is -0.259. The molecule has 0 N–H and O–H groups in total. The van der Waals surface area contributed by atoms with Crippen LogP contribution in [0.1, 0.15) is 31.3 Å². The van der Waals surface area contributed by atoms with Crippen molar-refractivity contribution < 1.29 is 9.53 Å². The molecule has 0 aliphatic heterocycles. The van der Waals surface area contributed by atoms with E-state index in [4.69, 9.17) is 10.3 Å². The van der Waals surface area contributed by atoms with Gasteiger partial charge >= 0.3 is 0 Å². The molecule has 1 rings (SSSR count). The van der Waals surface area contributed by atoms with Gasteiger partial charge in [0.25, 0.3) is 0 Å². The molecule has 0 aromatic carbocycles. The number of pyridine rings is 1. The molecule has 0 bridgehead atoms. The highest BCUT2D eigenvalue weighted by Crippen LogP contribution is 2.14. The van der Waals surface area contributed by atoms with E-state index in [1.807, 2.05) is 19.1 Å². The van der Waals surface area contributed by atoms with Gasteiger partial charge in [-0.2, -0.15) is 0 Å². The SMILES string of the molecule is CC(=O)COC(C)c1cccc(CN=[N+]=[N-])n1.